The molecule has 0 spiro atoms. The zero-order valence-electron chi connectivity index (χ0n) is 19.7. The molecule has 0 aromatic heterocycles. The molecule has 0 unspecified atom stereocenters. The summed E-state index contributed by atoms with van der Waals surface area (Å²) in [5, 5.41) is 20.6. The first kappa shape index (κ1) is 26.4. The number of halogens is 2. The summed E-state index contributed by atoms with van der Waals surface area (Å²) < 4.78 is 0. The predicted molar refractivity (Wildman–Crippen MR) is 150 cm³/mol. The summed E-state index contributed by atoms with van der Waals surface area (Å²) in [5.41, 5.74) is 3.13. The molecule has 4 rings (SSSR count). The van der Waals surface area contributed by atoms with Crippen molar-refractivity contribution in [2.75, 3.05) is 16.4 Å². The van der Waals surface area contributed by atoms with Crippen molar-refractivity contribution in [3.8, 4) is 6.07 Å². The van der Waals surface area contributed by atoms with E-state index in [1.807, 2.05) is 24.3 Å². The molecule has 37 heavy (non-hydrogen) atoms. The van der Waals surface area contributed by atoms with Crippen LogP contribution in [0.4, 0.5) is 11.4 Å². The van der Waals surface area contributed by atoms with E-state index in [0.717, 1.165) is 0 Å². The summed E-state index contributed by atoms with van der Waals surface area (Å²) in [4.78, 5) is 26.1. The molecule has 1 aliphatic heterocycles. The van der Waals surface area contributed by atoms with E-state index in [9.17, 15) is 14.9 Å². The van der Waals surface area contributed by atoms with Gasteiger partial charge in [0.15, 0.2) is 0 Å². The minimum absolute atomic E-state index is 0.0458. The number of nitrogens with zero attached hydrogens (tertiary/aromatic N) is 1. The van der Waals surface area contributed by atoms with Gasteiger partial charge in [0, 0.05) is 32.7 Å². The zero-order chi connectivity index (χ0) is 26.4. The van der Waals surface area contributed by atoms with Crippen molar-refractivity contribution in [2.24, 2.45) is 0 Å². The highest BCUT2D eigenvalue weighted by atomic mass is 35.5. The number of rotatable bonds is 7. The molecule has 186 valence electrons. The molecule has 1 heterocycles. The average Bonchev–Trinajstić information content (AvgIpc) is 2.89. The number of hydrogen-bond donors (Lipinski definition) is 3. The minimum Gasteiger partial charge on any atom is -0.353 e. The Morgan fingerprint density at radius 2 is 1.59 bits per heavy atom. The minimum atomic E-state index is -0.717. The van der Waals surface area contributed by atoms with Crippen LogP contribution < -0.4 is 16.0 Å². The van der Waals surface area contributed by atoms with E-state index in [1.54, 1.807) is 61.5 Å². The predicted octanol–water partition coefficient (Wildman–Crippen LogP) is 6.70. The highest BCUT2D eigenvalue weighted by molar-refractivity contribution is 8.03. The van der Waals surface area contributed by atoms with Gasteiger partial charge in [-0.3, -0.25) is 9.59 Å². The van der Waals surface area contributed by atoms with Gasteiger partial charge in [-0.25, -0.2) is 0 Å². The standard InChI is InChI=1S/C28H22Cl2N4O2S/c1-17-25(27(36)34-19-7-3-2-4-8-19)26(21-9-5-6-10-23(21)30)22(15-31)28(32-17)37-16-24(35)33-20-13-11-18(29)12-14-20/h2-14,26,32H,16H2,1H3,(H,33,35)(H,34,36)/t26-/m0/s1. The van der Waals surface area contributed by atoms with E-state index >= 15 is 0 Å². The van der Waals surface area contributed by atoms with Crippen LogP contribution >= 0.6 is 35.0 Å². The Balaban J connectivity index is 1.63. The molecule has 1 aliphatic rings. The normalized spacial score (nSPS) is 15.0. The lowest BCUT2D eigenvalue weighted by molar-refractivity contribution is -0.114. The molecule has 9 heteroatoms. The second kappa shape index (κ2) is 12.0. The van der Waals surface area contributed by atoms with Gasteiger partial charge in [0.25, 0.3) is 5.91 Å². The Hall–Kier alpha value is -3.70. The Labute approximate surface area is 229 Å². The van der Waals surface area contributed by atoms with Crippen LogP contribution in [0.5, 0.6) is 0 Å². The maximum Gasteiger partial charge on any atom is 0.254 e. The molecule has 0 saturated carbocycles. The lowest BCUT2D eigenvalue weighted by Crippen LogP contribution is -2.31. The van der Waals surface area contributed by atoms with Crippen LogP contribution in [0.2, 0.25) is 10.0 Å². The van der Waals surface area contributed by atoms with Gasteiger partial charge < -0.3 is 16.0 Å². The first-order chi connectivity index (χ1) is 17.9. The van der Waals surface area contributed by atoms with E-state index in [2.05, 4.69) is 22.0 Å². The average molecular weight is 549 g/mol. The van der Waals surface area contributed by atoms with Gasteiger partial charge >= 0.3 is 0 Å². The van der Waals surface area contributed by atoms with E-state index in [-0.39, 0.29) is 17.6 Å². The van der Waals surface area contributed by atoms with Gasteiger partial charge in [-0.1, -0.05) is 71.4 Å². The lowest BCUT2D eigenvalue weighted by Gasteiger charge is -2.30. The van der Waals surface area contributed by atoms with Crippen LogP contribution in [0, 0.1) is 11.3 Å². The van der Waals surface area contributed by atoms with Gasteiger partial charge in [0.1, 0.15) is 0 Å². The number of amides is 2. The topological polar surface area (TPSA) is 94.0 Å². The quantitative estimate of drug-likeness (QED) is 0.305. The molecule has 0 radical (unpaired) electrons. The second-order valence-electron chi connectivity index (χ2n) is 8.14. The number of allylic oxidation sites excluding steroid dienone is 2. The molecule has 3 aromatic carbocycles. The molecular formula is C28H22Cl2N4O2S. The van der Waals surface area contributed by atoms with Crippen LogP contribution in [0.3, 0.4) is 0 Å². The number of carbonyl (C=O) groups excluding carboxylic acids is 2. The number of thioether (sulfide) groups is 1. The van der Waals surface area contributed by atoms with Crippen LogP contribution in [-0.4, -0.2) is 17.6 Å². The molecule has 0 saturated heterocycles. The summed E-state index contributed by atoms with van der Waals surface area (Å²) >= 11 is 13.6. The largest absolute Gasteiger partial charge is 0.353 e. The Kier molecular flexibility index (Phi) is 8.57. The zero-order valence-corrected chi connectivity index (χ0v) is 22.0. The summed E-state index contributed by atoms with van der Waals surface area (Å²) in [7, 11) is 0. The van der Waals surface area contributed by atoms with Gasteiger partial charge in [0.2, 0.25) is 5.91 Å². The molecule has 0 aliphatic carbocycles. The Morgan fingerprint density at radius 3 is 2.27 bits per heavy atom. The Bertz CT molecular complexity index is 1430. The number of hydrogen-bond acceptors (Lipinski definition) is 5. The van der Waals surface area contributed by atoms with Gasteiger partial charge in [-0.05, 0) is 55.0 Å². The van der Waals surface area contributed by atoms with Crippen molar-refractivity contribution in [3.63, 3.8) is 0 Å². The third kappa shape index (κ3) is 6.36. The number of benzene rings is 3. The van der Waals surface area contributed by atoms with E-state index in [1.165, 1.54) is 11.8 Å². The van der Waals surface area contributed by atoms with Gasteiger partial charge in [0.05, 0.1) is 28.3 Å². The van der Waals surface area contributed by atoms with E-state index < -0.39 is 5.92 Å². The van der Waals surface area contributed by atoms with Crippen LogP contribution in [0.25, 0.3) is 0 Å². The molecule has 0 bridgehead atoms. The van der Waals surface area contributed by atoms with Crippen molar-refractivity contribution in [3.05, 3.63) is 116 Å². The first-order valence-corrected chi connectivity index (χ1v) is 13.0. The number of nitriles is 1. The molecule has 3 N–H and O–H groups in total. The fourth-order valence-electron chi connectivity index (χ4n) is 3.94. The third-order valence-corrected chi connectivity index (χ3v) is 7.23. The summed E-state index contributed by atoms with van der Waals surface area (Å²) in [6, 6.07) is 25.3. The molecule has 3 aromatic rings. The second-order valence-corrected chi connectivity index (χ2v) is 9.97. The maximum absolute atomic E-state index is 13.5. The van der Waals surface area contributed by atoms with Crippen molar-refractivity contribution in [1.82, 2.24) is 5.32 Å². The maximum atomic E-state index is 13.5. The number of carbonyl (C=O) groups is 2. The Morgan fingerprint density at radius 1 is 0.946 bits per heavy atom. The highest BCUT2D eigenvalue weighted by Gasteiger charge is 2.35. The monoisotopic (exact) mass is 548 g/mol. The molecular weight excluding hydrogens is 527 g/mol. The van der Waals surface area contributed by atoms with E-state index in [0.29, 0.717) is 48.9 Å². The van der Waals surface area contributed by atoms with Crippen molar-refractivity contribution in [2.45, 2.75) is 12.8 Å². The van der Waals surface area contributed by atoms with Crippen molar-refractivity contribution < 1.29 is 9.59 Å². The van der Waals surface area contributed by atoms with E-state index in [4.69, 9.17) is 23.2 Å². The number of nitrogens with one attached hydrogen (secondary N) is 3. The molecule has 6 nitrogen and oxygen atoms in total. The van der Waals surface area contributed by atoms with Crippen molar-refractivity contribution >= 4 is 58.2 Å². The molecule has 2 amide bonds. The van der Waals surface area contributed by atoms with Gasteiger partial charge in [-0.15, -0.1) is 0 Å². The fraction of sp³-hybridized carbons (Fsp3) is 0.107. The van der Waals surface area contributed by atoms with Gasteiger partial charge in [-0.2, -0.15) is 5.26 Å². The number of anilines is 2. The summed E-state index contributed by atoms with van der Waals surface area (Å²) in [6.07, 6.45) is 0. The van der Waals surface area contributed by atoms with Crippen LogP contribution in [-0.2, 0) is 9.59 Å². The lowest BCUT2D eigenvalue weighted by atomic mass is 9.82. The SMILES string of the molecule is CC1=C(C(=O)Nc2ccccc2)[C@@H](c2ccccc2Cl)C(C#N)=C(SCC(=O)Nc2ccc(Cl)cc2)N1. The highest BCUT2D eigenvalue weighted by Crippen LogP contribution is 2.43. The molecule has 1 atom stereocenters. The first-order valence-electron chi connectivity index (χ1n) is 11.3. The third-order valence-electron chi connectivity index (χ3n) is 5.62. The van der Waals surface area contributed by atoms with Crippen LogP contribution in [0.15, 0.2) is 101 Å². The summed E-state index contributed by atoms with van der Waals surface area (Å²) in [6.45, 7) is 1.77. The molecule has 0 fully saturated rings. The smallest absolute Gasteiger partial charge is 0.254 e. The number of para-hydroxylation sites is 1. The van der Waals surface area contributed by atoms with Crippen molar-refractivity contribution in [1.29, 1.82) is 5.26 Å². The van der Waals surface area contributed by atoms with Crippen LogP contribution in [0.1, 0.15) is 18.4 Å². The fourth-order valence-corrected chi connectivity index (χ4v) is 5.20. The number of dihydropyridines is 1. The summed E-state index contributed by atoms with van der Waals surface area (Å²) in [5.74, 6) is -1.27.